The Labute approximate surface area is 170 Å². The number of hydrogen-bond acceptors (Lipinski definition) is 4. The Bertz CT molecular complexity index is 1070. The third kappa shape index (κ3) is 3.39. The summed E-state index contributed by atoms with van der Waals surface area (Å²) < 4.78 is 12.2. The Morgan fingerprint density at radius 1 is 1.00 bits per heavy atom. The Hall–Kier alpha value is -3.12. The molecule has 0 spiro atoms. The molecule has 140 valence electrons. The summed E-state index contributed by atoms with van der Waals surface area (Å²) in [5, 5.41) is 11.0. The van der Waals surface area contributed by atoms with Gasteiger partial charge in [0, 0.05) is 27.7 Å². The third-order valence-electron chi connectivity index (χ3n) is 4.69. The van der Waals surface area contributed by atoms with Crippen LogP contribution in [-0.4, -0.2) is 18.6 Å². The van der Waals surface area contributed by atoms with Crippen LogP contribution in [-0.2, 0) is 0 Å². The lowest BCUT2D eigenvalue weighted by molar-refractivity contribution is -0.384. The molecule has 0 N–H and O–H groups in total. The molecule has 0 amide bonds. The summed E-state index contributed by atoms with van der Waals surface area (Å²) in [5.74, 6) is 1.59. The van der Waals surface area contributed by atoms with Crippen LogP contribution in [0.5, 0.6) is 11.5 Å². The van der Waals surface area contributed by atoms with Crippen molar-refractivity contribution < 1.29 is 14.4 Å². The van der Waals surface area contributed by atoms with Gasteiger partial charge in [0.15, 0.2) is 0 Å². The van der Waals surface area contributed by atoms with Gasteiger partial charge in [-0.2, -0.15) is 0 Å². The minimum atomic E-state index is -0.396. The molecule has 0 saturated carbocycles. The van der Waals surface area contributed by atoms with Gasteiger partial charge in [-0.05, 0) is 59.2 Å². The van der Waals surface area contributed by atoms with Gasteiger partial charge in [-0.1, -0.05) is 28.1 Å². The molecule has 0 fully saturated rings. The van der Waals surface area contributed by atoms with Crippen LogP contribution in [0.3, 0.4) is 0 Å². The minimum Gasteiger partial charge on any atom is -0.497 e. The number of ether oxygens (including phenoxy) is 2. The van der Waals surface area contributed by atoms with Crippen LogP contribution in [0.25, 0.3) is 11.1 Å². The van der Waals surface area contributed by atoms with Crippen LogP contribution in [0, 0.1) is 10.1 Å². The Morgan fingerprint density at radius 2 is 1.68 bits per heavy atom. The van der Waals surface area contributed by atoms with Crippen LogP contribution in [0.2, 0.25) is 0 Å². The lowest BCUT2D eigenvalue weighted by atomic mass is 9.88. The summed E-state index contributed by atoms with van der Waals surface area (Å²) in [6.07, 6.45) is 0. The summed E-state index contributed by atoms with van der Waals surface area (Å²) in [7, 11) is 1.64. The first-order chi connectivity index (χ1) is 13.6. The maximum Gasteiger partial charge on any atom is 0.269 e. The van der Waals surface area contributed by atoms with E-state index in [0.29, 0.717) is 6.61 Å². The Morgan fingerprint density at radius 3 is 2.32 bits per heavy atom. The first kappa shape index (κ1) is 18.3. The van der Waals surface area contributed by atoms with E-state index in [2.05, 4.69) is 15.9 Å². The molecule has 6 heteroatoms. The zero-order valence-corrected chi connectivity index (χ0v) is 16.6. The van der Waals surface area contributed by atoms with E-state index in [1.54, 1.807) is 19.2 Å². The van der Waals surface area contributed by atoms with Crippen LogP contribution in [0.15, 0.2) is 71.2 Å². The maximum absolute atomic E-state index is 11.0. The van der Waals surface area contributed by atoms with Crippen molar-refractivity contribution in [3.8, 4) is 11.5 Å². The monoisotopic (exact) mass is 437 g/mol. The molecule has 0 aromatic heterocycles. The van der Waals surface area contributed by atoms with Crippen molar-refractivity contribution in [3.05, 3.63) is 98.0 Å². The topological polar surface area (TPSA) is 61.6 Å². The lowest BCUT2D eigenvalue weighted by Crippen LogP contribution is -2.11. The van der Waals surface area contributed by atoms with Crippen LogP contribution < -0.4 is 9.47 Å². The molecule has 3 aromatic rings. The van der Waals surface area contributed by atoms with Crippen molar-refractivity contribution in [3.63, 3.8) is 0 Å². The number of methoxy groups -OCH3 is 1. The molecule has 0 saturated heterocycles. The number of halogens is 1. The second kappa shape index (κ2) is 7.48. The third-order valence-corrected chi connectivity index (χ3v) is 5.18. The molecule has 0 aliphatic carbocycles. The molecule has 4 rings (SSSR count). The predicted molar refractivity (Wildman–Crippen MR) is 112 cm³/mol. The molecule has 1 heterocycles. The van der Waals surface area contributed by atoms with Gasteiger partial charge in [0.25, 0.3) is 5.69 Å². The van der Waals surface area contributed by atoms with E-state index in [1.165, 1.54) is 12.1 Å². The van der Waals surface area contributed by atoms with Crippen molar-refractivity contribution >= 4 is 32.8 Å². The fourth-order valence-corrected chi connectivity index (χ4v) is 3.67. The zero-order chi connectivity index (χ0) is 19.7. The van der Waals surface area contributed by atoms with Crippen LogP contribution >= 0.6 is 15.9 Å². The molecule has 0 radical (unpaired) electrons. The Balaban J connectivity index is 1.92. The van der Waals surface area contributed by atoms with Crippen molar-refractivity contribution in [1.29, 1.82) is 0 Å². The first-order valence-electron chi connectivity index (χ1n) is 8.62. The lowest BCUT2D eigenvalue weighted by Gasteiger charge is -2.25. The van der Waals surface area contributed by atoms with Gasteiger partial charge in [0.05, 0.1) is 12.0 Å². The van der Waals surface area contributed by atoms with Gasteiger partial charge >= 0.3 is 0 Å². The van der Waals surface area contributed by atoms with Crippen molar-refractivity contribution in [1.82, 2.24) is 0 Å². The van der Waals surface area contributed by atoms with E-state index in [-0.39, 0.29) is 5.69 Å². The van der Waals surface area contributed by atoms with Crippen molar-refractivity contribution in [2.75, 3.05) is 13.7 Å². The highest BCUT2D eigenvalue weighted by molar-refractivity contribution is 9.10. The van der Waals surface area contributed by atoms with Crippen molar-refractivity contribution in [2.24, 2.45) is 0 Å². The van der Waals surface area contributed by atoms with Gasteiger partial charge in [-0.25, -0.2) is 0 Å². The standard InChI is InChI=1S/C22H16BrNO4/c1-27-18-9-4-15(5-10-18)22-19-12-16(23)6-11-21(19)28-13-20(22)14-2-7-17(8-3-14)24(25)26/h2-12H,13H2,1H3. The smallest absolute Gasteiger partial charge is 0.269 e. The SMILES string of the molecule is COc1ccc(C2=C(c3ccc([N+](=O)[O-])cc3)COc3ccc(Br)cc32)cc1. The summed E-state index contributed by atoms with van der Waals surface area (Å²) in [6, 6.07) is 20.3. The van der Waals surface area contributed by atoms with Gasteiger partial charge in [0.2, 0.25) is 0 Å². The number of nitro groups is 1. The second-order valence-corrected chi connectivity index (χ2v) is 7.23. The number of nitrogens with zero attached hydrogens (tertiary/aromatic N) is 1. The van der Waals surface area contributed by atoms with Gasteiger partial charge < -0.3 is 9.47 Å². The largest absolute Gasteiger partial charge is 0.497 e. The normalized spacial score (nSPS) is 12.9. The van der Waals surface area contributed by atoms with E-state index in [1.807, 2.05) is 42.5 Å². The highest BCUT2D eigenvalue weighted by atomic mass is 79.9. The molecule has 3 aromatic carbocycles. The molecule has 0 bridgehead atoms. The number of nitro benzene ring substituents is 1. The quantitative estimate of drug-likeness (QED) is 0.386. The number of fused-ring (bicyclic) bond motifs is 1. The van der Waals surface area contributed by atoms with Crippen LogP contribution in [0.1, 0.15) is 16.7 Å². The summed E-state index contributed by atoms with van der Waals surface area (Å²) in [6.45, 7) is 0.383. The summed E-state index contributed by atoms with van der Waals surface area (Å²) in [5.41, 5.74) is 4.97. The molecular formula is C22H16BrNO4. The summed E-state index contributed by atoms with van der Waals surface area (Å²) in [4.78, 5) is 10.6. The minimum absolute atomic E-state index is 0.0650. The molecule has 5 nitrogen and oxygen atoms in total. The molecule has 28 heavy (non-hydrogen) atoms. The fraction of sp³-hybridized carbons (Fsp3) is 0.0909. The predicted octanol–water partition coefficient (Wildman–Crippen LogP) is 5.72. The molecule has 0 unspecified atom stereocenters. The van der Waals surface area contributed by atoms with Gasteiger partial charge in [-0.3, -0.25) is 10.1 Å². The van der Waals surface area contributed by atoms with E-state index >= 15 is 0 Å². The van der Waals surface area contributed by atoms with Crippen LogP contribution in [0.4, 0.5) is 5.69 Å². The zero-order valence-electron chi connectivity index (χ0n) is 15.0. The first-order valence-corrected chi connectivity index (χ1v) is 9.41. The average Bonchev–Trinajstić information content (AvgIpc) is 2.73. The Kier molecular flexibility index (Phi) is 4.88. The molecule has 1 aliphatic heterocycles. The van der Waals surface area contributed by atoms with E-state index in [9.17, 15) is 10.1 Å². The van der Waals surface area contributed by atoms with E-state index in [0.717, 1.165) is 43.8 Å². The summed E-state index contributed by atoms with van der Waals surface area (Å²) >= 11 is 3.54. The van der Waals surface area contributed by atoms with Crippen molar-refractivity contribution in [2.45, 2.75) is 0 Å². The van der Waals surface area contributed by atoms with E-state index < -0.39 is 4.92 Å². The fourth-order valence-electron chi connectivity index (χ4n) is 3.31. The second-order valence-electron chi connectivity index (χ2n) is 6.32. The number of rotatable bonds is 4. The average molecular weight is 438 g/mol. The highest BCUT2D eigenvalue weighted by Gasteiger charge is 2.23. The molecular weight excluding hydrogens is 422 g/mol. The number of non-ortho nitro benzene ring substituents is 1. The number of hydrogen-bond donors (Lipinski definition) is 0. The van der Waals surface area contributed by atoms with E-state index in [4.69, 9.17) is 9.47 Å². The number of benzene rings is 3. The molecule has 1 aliphatic rings. The highest BCUT2D eigenvalue weighted by Crippen LogP contribution is 2.42. The molecule has 0 atom stereocenters. The maximum atomic E-state index is 11.0. The van der Waals surface area contributed by atoms with Gasteiger partial charge in [-0.15, -0.1) is 0 Å². The van der Waals surface area contributed by atoms with Gasteiger partial charge in [0.1, 0.15) is 18.1 Å².